The lowest BCUT2D eigenvalue weighted by molar-refractivity contribution is -0.365. The largest absolute Gasteiger partial charge is 0.493 e. The van der Waals surface area contributed by atoms with Crippen molar-refractivity contribution in [1.29, 1.82) is 0 Å². The third-order valence-corrected chi connectivity index (χ3v) is 22.7. The summed E-state index contributed by atoms with van der Waals surface area (Å²) in [4.78, 5) is 41.6. The third-order valence-electron chi connectivity index (χ3n) is 22.7. The highest BCUT2D eigenvalue weighted by molar-refractivity contribution is 5.91. The minimum Gasteiger partial charge on any atom is -0.493 e. The fraction of sp³-hybridized carbons (Fsp3) is 0.836. The number of aliphatic hydroxyl groups is 14. The maximum Gasteiger partial charge on any atom is 0.338 e. The van der Waals surface area contributed by atoms with Crippen molar-refractivity contribution in [2.24, 2.45) is 40.4 Å². The van der Waals surface area contributed by atoms with Crippen LogP contribution in [-0.4, -0.2) is 303 Å². The van der Waals surface area contributed by atoms with Gasteiger partial charge in [-0.05, 0) is 92.6 Å². The first-order valence-corrected chi connectivity index (χ1v) is 34.2. The first kappa shape index (κ1) is 77.6. The normalized spacial score (nSPS) is 44.9. The smallest absolute Gasteiger partial charge is 0.338 e. The third kappa shape index (κ3) is 15.0. The zero-order valence-electron chi connectivity index (χ0n) is 57.1. The quantitative estimate of drug-likeness (QED) is 0.0376. The number of hydrogen-bond donors (Lipinski definition) is 14. The van der Waals surface area contributed by atoms with Crippen molar-refractivity contribution in [2.45, 2.75) is 258 Å². The summed E-state index contributed by atoms with van der Waals surface area (Å²) in [7, 11) is 4.06. The van der Waals surface area contributed by atoms with Crippen LogP contribution in [0, 0.1) is 40.4 Å². The van der Waals surface area contributed by atoms with E-state index in [1.54, 1.807) is 6.92 Å². The van der Waals surface area contributed by atoms with Gasteiger partial charge in [-0.15, -0.1) is 0 Å². The molecule has 0 aromatic heterocycles. The van der Waals surface area contributed by atoms with Crippen molar-refractivity contribution in [3.05, 3.63) is 29.3 Å². The number of benzene rings is 1. The summed E-state index contributed by atoms with van der Waals surface area (Å²) >= 11 is 0. The highest BCUT2D eigenvalue weighted by Gasteiger charge is 2.71. The van der Waals surface area contributed by atoms with Crippen LogP contribution in [0.25, 0.3) is 0 Å². The van der Waals surface area contributed by atoms with Gasteiger partial charge in [0.1, 0.15) is 109 Å². The zero-order valence-corrected chi connectivity index (χ0v) is 57.1. The number of aliphatic hydroxyl groups excluding tert-OH is 13. The van der Waals surface area contributed by atoms with Crippen LogP contribution in [0.4, 0.5) is 0 Å². The molecule has 8 fully saturated rings. The highest BCUT2D eigenvalue weighted by atomic mass is 16.8. The fourth-order valence-electron chi connectivity index (χ4n) is 16.9. The second-order valence-corrected chi connectivity index (χ2v) is 28.9. The summed E-state index contributed by atoms with van der Waals surface area (Å²) in [6, 6.07) is 2.62. The molecule has 32 atom stereocenters. The topological polar surface area (TPSA) is 473 Å². The Hall–Kier alpha value is -3.99. The van der Waals surface area contributed by atoms with Gasteiger partial charge < -0.3 is 143 Å². The van der Waals surface area contributed by atoms with Gasteiger partial charge in [-0.3, -0.25) is 9.59 Å². The summed E-state index contributed by atoms with van der Waals surface area (Å²) in [5, 5.41) is 155. The number of fused-ring (bicyclic) bond motifs is 5. The number of Topliss-reactive ketones (excluding diaryl/α,β-unsaturated/α-hetero) is 1. The molecule has 99 heavy (non-hydrogen) atoms. The number of rotatable bonds is 24. The summed E-state index contributed by atoms with van der Waals surface area (Å²) in [6.07, 6.45) is -34.3. The fourth-order valence-corrected chi connectivity index (χ4v) is 16.9. The molecule has 5 saturated heterocycles. The van der Waals surface area contributed by atoms with Crippen LogP contribution in [0.15, 0.2) is 23.8 Å². The Kier molecular flexibility index (Phi) is 24.9. The first-order valence-electron chi connectivity index (χ1n) is 34.2. The summed E-state index contributed by atoms with van der Waals surface area (Å²) in [5.74, 6) is -2.83. The average molecular weight is 1420 g/mol. The molecular formula is C67H102O32. The molecule has 1 aromatic rings. The van der Waals surface area contributed by atoms with Crippen LogP contribution in [0.3, 0.4) is 0 Å². The molecule has 32 nitrogen and oxygen atoms in total. The molecule has 1 aromatic carbocycles. The molecule has 14 N–H and O–H groups in total. The molecule has 5 aliphatic heterocycles. The molecule has 0 bridgehead atoms. The monoisotopic (exact) mass is 1420 g/mol. The van der Waals surface area contributed by atoms with Crippen molar-refractivity contribution in [2.75, 3.05) is 54.4 Å². The SMILES string of the molecule is COc1cc(C(=O)O[C@H]2[C@H](O[C@@H]3[C@@H](OC(C)=O)[C@H](O[C@H]4C[C@H]5[C@@H]6CC=C7C[C@@H](O[C@@H]8O[C@H](CO[C@@H]9O[C@H](CO)[C@@H](O[C@@H]%10O[C@H](CO)[C@@H](O)[C@H](O)[C@H]%10O)C(O)C9O)[C@@H](O)[C@H](O)[C@H]8O)CC[C@]7(C)[C@H]6CC[C@]5(C)[C@@]4(O)[C@@H](C)C(=O)CCC(C)C)OC[C@@H]3O)OC[C@@H](O)[C@@H]2O)cc(OC)c1OC. The Bertz CT molecular complexity index is 2910. The number of carbonyl (C=O) groups is 3. The van der Waals surface area contributed by atoms with Crippen molar-refractivity contribution in [1.82, 2.24) is 0 Å². The predicted octanol–water partition coefficient (Wildman–Crippen LogP) is -2.49. The summed E-state index contributed by atoms with van der Waals surface area (Å²) in [5.41, 5.74) is -2.29. The molecule has 10 rings (SSSR count). The minimum absolute atomic E-state index is 0.0326. The van der Waals surface area contributed by atoms with E-state index >= 15 is 0 Å². The second kappa shape index (κ2) is 31.8. The average Bonchev–Trinajstić information content (AvgIpc) is 1.57. The van der Waals surface area contributed by atoms with Gasteiger partial charge in [0, 0.05) is 24.7 Å². The number of ketones is 1. The molecule has 4 aliphatic carbocycles. The molecule has 9 aliphatic rings. The van der Waals surface area contributed by atoms with Gasteiger partial charge in [0.15, 0.2) is 55.2 Å². The Morgan fingerprint density at radius 3 is 1.81 bits per heavy atom. The van der Waals surface area contributed by atoms with Gasteiger partial charge in [-0.2, -0.15) is 0 Å². The number of hydrogen-bond acceptors (Lipinski definition) is 32. The lowest BCUT2D eigenvalue weighted by Crippen LogP contribution is -2.65. The van der Waals surface area contributed by atoms with E-state index < -0.39 is 221 Å². The molecule has 2 unspecified atom stereocenters. The van der Waals surface area contributed by atoms with E-state index in [-0.39, 0.29) is 65.1 Å². The van der Waals surface area contributed by atoms with Crippen LogP contribution in [-0.2, 0) is 66.4 Å². The van der Waals surface area contributed by atoms with Crippen LogP contribution in [0.5, 0.6) is 17.2 Å². The van der Waals surface area contributed by atoms with Gasteiger partial charge in [-0.1, -0.05) is 46.3 Å². The molecule has 32 heteroatoms. The van der Waals surface area contributed by atoms with E-state index in [1.165, 1.54) is 33.5 Å². The van der Waals surface area contributed by atoms with Gasteiger partial charge >= 0.3 is 11.9 Å². The van der Waals surface area contributed by atoms with E-state index in [1.807, 2.05) is 20.8 Å². The maximum absolute atomic E-state index is 14.6. The van der Waals surface area contributed by atoms with E-state index in [4.69, 9.17) is 71.1 Å². The number of esters is 2. The van der Waals surface area contributed by atoms with Crippen molar-refractivity contribution in [3.8, 4) is 17.2 Å². The van der Waals surface area contributed by atoms with Crippen molar-refractivity contribution >= 4 is 17.7 Å². The molecule has 3 saturated carbocycles. The van der Waals surface area contributed by atoms with E-state index in [2.05, 4.69) is 13.0 Å². The number of ether oxygens (including phenoxy) is 15. The number of allylic oxidation sites excluding steroid dienone is 1. The Morgan fingerprint density at radius 2 is 1.19 bits per heavy atom. The second-order valence-electron chi connectivity index (χ2n) is 28.9. The zero-order chi connectivity index (χ0) is 72.1. The van der Waals surface area contributed by atoms with E-state index in [0.717, 1.165) is 12.5 Å². The predicted molar refractivity (Wildman–Crippen MR) is 332 cm³/mol. The minimum atomic E-state index is -1.92. The molecule has 562 valence electrons. The van der Waals surface area contributed by atoms with Gasteiger partial charge in [0.2, 0.25) is 5.75 Å². The Morgan fingerprint density at radius 1 is 0.606 bits per heavy atom. The van der Waals surface area contributed by atoms with E-state index in [9.17, 15) is 85.9 Å². The van der Waals surface area contributed by atoms with Gasteiger partial charge in [0.05, 0.1) is 72.1 Å². The Labute approximate surface area is 572 Å². The van der Waals surface area contributed by atoms with E-state index in [0.29, 0.717) is 44.9 Å². The maximum atomic E-state index is 14.6. The molecule has 0 amide bonds. The van der Waals surface area contributed by atoms with Crippen LogP contribution in [0.2, 0.25) is 0 Å². The standard InChI is InChI=1S/C67H102O32/c1-27(2)10-13-36(71)28(3)67(84)44(96-64-58(91-29(4)70)54(38(73)25-89-64)98-63-57(45(74)37(72)24-88-63)97-59(83)30-18-39(85-7)55(87-9)40(19-30)86-8)21-35-33-12-11-31-20-32(14-16-65(31,5)34(33)15-17-66(35,67)6)92-61-51(80)49(78)47(76)43(95-61)26-90-60-53(82)50(79)56(42(23-69)94-60)99-62-52(81)48(77)46(75)41(22-68)93-62/h11,18-19,27-28,32-35,37-38,41-54,56-58,60-64,68-69,72-82,84H,10,12-17,20-26H2,1-9H3/t28-,32-,33+,34-,35-,37+,38-,41+,42+,43+,44-,45-,46+,47+,48-,49-,50?,51+,52+,53?,54-,56+,57+,58+,60+,61+,62-,63-,64-,65-,66-,67+/m0/s1. The number of methoxy groups -OCH3 is 3. The first-order chi connectivity index (χ1) is 46.9. The van der Waals surface area contributed by atoms with Crippen molar-refractivity contribution < 1.29 is 157 Å². The van der Waals surface area contributed by atoms with Gasteiger partial charge in [-0.25, -0.2) is 4.79 Å². The highest BCUT2D eigenvalue weighted by Crippen LogP contribution is 2.69. The Balaban J connectivity index is 0.834. The molecule has 0 spiro atoms. The van der Waals surface area contributed by atoms with Crippen LogP contribution in [0.1, 0.15) is 110 Å². The van der Waals surface area contributed by atoms with Gasteiger partial charge in [0.25, 0.3) is 0 Å². The molecule has 0 radical (unpaired) electrons. The number of carbonyl (C=O) groups excluding carboxylic acids is 3. The summed E-state index contributed by atoms with van der Waals surface area (Å²) in [6.45, 7) is 7.78. The summed E-state index contributed by atoms with van der Waals surface area (Å²) < 4.78 is 88.3. The lowest BCUT2D eigenvalue weighted by Gasteiger charge is -2.59. The van der Waals surface area contributed by atoms with Crippen molar-refractivity contribution in [3.63, 3.8) is 0 Å². The molecule has 5 heterocycles. The van der Waals surface area contributed by atoms with Crippen LogP contribution >= 0.6 is 0 Å². The molecular weight excluding hydrogens is 1320 g/mol. The van der Waals surface area contributed by atoms with Crippen LogP contribution < -0.4 is 14.2 Å². The lowest BCUT2D eigenvalue weighted by atomic mass is 9.46.